The first-order valence-electron chi connectivity index (χ1n) is 9.72. The van der Waals surface area contributed by atoms with E-state index in [0.29, 0.717) is 12.1 Å². The summed E-state index contributed by atoms with van der Waals surface area (Å²) in [5.41, 5.74) is 6.82. The summed E-state index contributed by atoms with van der Waals surface area (Å²) in [7, 11) is 0. The van der Waals surface area contributed by atoms with Crippen molar-refractivity contribution in [2.24, 2.45) is 0 Å². The molecule has 2 heterocycles. The molecule has 28 heavy (non-hydrogen) atoms. The molecule has 142 valence electrons. The Morgan fingerprint density at radius 1 is 1.04 bits per heavy atom. The summed E-state index contributed by atoms with van der Waals surface area (Å²) in [5, 5.41) is 2.98. The number of hydrogen-bond donors (Lipinski definition) is 1. The van der Waals surface area contributed by atoms with E-state index in [1.165, 1.54) is 16.7 Å². The number of rotatable bonds is 4. The van der Waals surface area contributed by atoms with E-state index in [-0.39, 0.29) is 5.91 Å². The van der Waals surface area contributed by atoms with Crippen LogP contribution in [0.5, 0.6) is 0 Å². The average Bonchev–Trinajstić information content (AvgIpc) is 2.74. The van der Waals surface area contributed by atoms with Crippen LogP contribution in [0.15, 0.2) is 60.8 Å². The second-order valence-electron chi connectivity index (χ2n) is 7.45. The van der Waals surface area contributed by atoms with Crippen molar-refractivity contribution in [2.45, 2.75) is 33.4 Å². The molecule has 0 atom stereocenters. The predicted octanol–water partition coefficient (Wildman–Crippen LogP) is 4.19. The standard InChI is InChI=1S/C24H25N3O/c1-17-7-9-21(13-18(17)2)24(28)26-15-19-8-10-23(25-14-19)27-12-11-20-5-3-4-6-22(20)16-27/h3-10,13-14H,11-12,15-16H2,1-2H3,(H,26,28). The van der Waals surface area contributed by atoms with Gasteiger partial charge in [-0.15, -0.1) is 0 Å². The Hall–Kier alpha value is -3.14. The maximum atomic E-state index is 12.4. The molecular weight excluding hydrogens is 346 g/mol. The number of nitrogens with one attached hydrogen (secondary N) is 1. The van der Waals surface area contributed by atoms with Crippen molar-refractivity contribution in [1.82, 2.24) is 10.3 Å². The van der Waals surface area contributed by atoms with Crippen LogP contribution in [-0.2, 0) is 19.5 Å². The molecule has 3 aromatic rings. The molecule has 0 saturated heterocycles. The lowest BCUT2D eigenvalue weighted by Crippen LogP contribution is -2.31. The summed E-state index contributed by atoms with van der Waals surface area (Å²) in [6.07, 6.45) is 2.90. The van der Waals surface area contributed by atoms with Crippen molar-refractivity contribution in [2.75, 3.05) is 11.4 Å². The minimum Gasteiger partial charge on any atom is -0.352 e. The highest BCUT2D eigenvalue weighted by Gasteiger charge is 2.16. The van der Waals surface area contributed by atoms with Gasteiger partial charge in [0, 0.05) is 31.4 Å². The monoisotopic (exact) mass is 371 g/mol. The van der Waals surface area contributed by atoms with E-state index in [0.717, 1.165) is 36.5 Å². The molecule has 0 spiro atoms. The van der Waals surface area contributed by atoms with Crippen LogP contribution in [0.1, 0.15) is 38.2 Å². The quantitative estimate of drug-likeness (QED) is 0.748. The fourth-order valence-corrected chi connectivity index (χ4v) is 3.57. The molecule has 4 rings (SSSR count). The van der Waals surface area contributed by atoms with Crippen molar-refractivity contribution in [3.63, 3.8) is 0 Å². The minimum atomic E-state index is -0.0557. The number of anilines is 1. The lowest BCUT2D eigenvalue weighted by Gasteiger charge is -2.29. The molecule has 4 heteroatoms. The van der Waals surface area contributed by atoms with Crippen molar-refractivity contribution >= 4 is 11.7 Å². The third-order valence-corrected chi connectivity index (χ3v) is 5.49. The van der Waals surface area contributed by atoms with Crippen LogP contribution >= 0.6 is 0 Å². The highest BCUT2D eigenvalue weighted by molar-refractivity contribution is 5.94. The number of benzene rings is 2. The fourth-order valence-electron chi connectivity index (χ4n) is 3.57. The van der Waals surface area contributed by atoms with E-state index in [2.05, 4.69) is 39.5 Å². The van der Waals surface area contributed by atoms with Gasteiger partial charge in [-0.25, -0.2) is 4.98 Å². The zero-order chi connectivity index (χ0) is 19.5. The van der Waals surface area contributed by atoms with E-state index >= 15 is 0 Å². The average molecular weight is 371 g/mol. The third-order valence-electron chi connectivity index (χ3n) is 5.49. The van der Waals surface area contributed by atoms with Crippen LogP contribution in [0.4, 0.5) is 5.82 Å². The van der Waals surface area contributed by atoms with Crippen molar-refractivity contribution in [1.29, 1.82) is 0 Å². The minimum absolute atomic E-state index is 0.0557. The Balaban J connectivity index is 1.37. The Morgan fingerprint density at radius 2 is 1.86 bits per heavy atom. The zero-order valence-electron chi connectivity index (χ0n) is 16.4. The lowest BCUT2D eigenvalue weighted by molar-refractivity contribution is 0.0951. The largest absolute Gasteiger partial charge is 0.352 e. The molecule has 0 aliphatic carbocycles. The Kier molecular flexibility index (Phi) is 5.11. The van der Waals surface area contributed by atoms with Crippen molar-refractivity contribution < 1.29 is 4.79 Å². The topological polar surface area (TPSA) is 45.2 Å². The van der Waals surface area contributed by atoms with Gasteiger partial charge in [-0.2, -0.15) is 0 Å². The van der Waals surface area contributed by atoms with E-state index in [9.17, 15) is 4.79 Å². The molecule has 0 saturated carbocycles. The number of nitrogens with zero attached hydrogens (tertiary/aromatic N) is 2. The number of amides is 1. The summed E-state index contributed by atoms with van der Waals surface area (Å²) in [5.74, 6) is 0.929. The summed E-state index contributed by atoms with van der Waals surface area (Å²) in [6.45, 7) is 6.42. The zero-order valence-corrected chi connectivity index (χ0v) is 16.4. The summed E-state index contributed by atoms with van der Waals surface area (Å²) in [4.78, 5) is 19.3. The summed E-state index contributed by atoms with van der Waals surface area (Å²) >= 11 is 0. The Bertz CT molecular complexity index is 995. The third kappa shape index (κ3) is 3.91. The van der Waals surface area contributed by atoms with Gasteiger partial charge in [0.2, 0.25) is 0 Å². The van der Waals surface area contributed by atoms with Gasteiger partial charge in [-0.05, 0) is 66.3 Å². The SMILES string of the molecule is Cc1ccc(C(=O)NCc2ccc(N3CCc4ccccc4C3)nc2)cc1C. The first kappa shape index (κ1) is 18.2. The van der Waals surface area contributed by atoms with Gasteiger partial charge >= 0.3 is 0 Å². The molecule has 1 aliphatic heterocycles. The summed E-state index contributed by atoms with van der Waals surface area (Å²) in [6, 6.07) is 18.5. The van der Waals surface area contributed by atoms with Gasteiger partial charge in [0.05, 0.1) is 0 Å². The lowest BCUT2D eigenvalue weighted by atomic mass is 10.00. The van der Waals surface area contributed by atoms with Crippen LogP contribution in [-0.4, -0.2) is 17.4 Å². The van der Waals surface area contributed by atoms with Crippen LogP contribution in [0, 0.1) is 13.8 Å². The smallest absolute Gasteiger partial charge is 0.251 e. The molecule has 1 amide bonds. The number of carbonyl (C=O) groups excluding carboxylic acids is 1. The fraction of sp³-hybridized carbons (Fsp3) is 0.250. The number of carbonyl (C=O) groups is 1. The number of aryl methyl sites for hydroxylation is 2. The normalized spacial score (nSPS) is 13.1. The van der Waals surface area contributed by atoms with Crippen LogP contribution in [0.25, 0.3) is 0 Å². The van der Waals surface area contributed by atoms with Crippen LogP contribution in [0.2, 0.25) is 0 Å². The number of aromatic nitrogens is 1. The molecule has 0 bridgehead atoms. The highest BCUT2D eigenvalue weighted by atomic mass is 16.1. The maximum absolute atomic E-state index is 12.4. The molecule has 1 aliphatic rings. The van der Waals surface area contributed by atoms with Gasteiger partial charge in [0.1, 0.15) is 5.82 Å². The first-order valence-corrected chi connectivity index (χ1v) is 9.72. The molecule has 4 nitrogen and oxygen atoms in total. The number of pyridine rings is 1. The van der Waals surface area contributed by atoms with Gasteiger partial charge < -0.3 is 10.2 Å². The Morgan fingerprint density at radius 3 is 2.61 bits per heavy atom. The van der Waals surface area contributed by atoms with E-state index in [1.54, 1.807) is 0 Å². The maximum Gasteiger partial charge on any atom is 0.251 e. The van der Waals surface area contributed by atoms with Gasteiger partial charge in [-0.3, -0.25) is 4.79 Å². The predicted molar refractivity (Wildman–Crippen MR) is 113 cm³/mol. The van der Waals surface area contributed by atoms with E-state index in [4.69, 9.17) is 0 Å². The summed E-state index contributed by atoms with van der Waals surface area (Å²) < 4.78 is 0. The molecule has 1 aromatic heterocycles. The van der Waals surface area contributed by atoms with E-state index in [1.807, 2.05) is 50.4 Å². The number of fused-ring (bicyclic) bond motifs is 1. The second-order valence-corrected chi connectivity index (χ2v) is 7.45. The molecule has 2 aromatic carbocycles. The Labute approximate surface area is 166 Å². The van der Waals surface area contributed by atoms with Crippen LogP contribution < -0.4 is 10.2 Å². The molecule has 1 N–H and O–H groups in total. The molecule has 0 unspecified atom stereocenters. The van der Waals surface area contributed by atoms with Gasteiger partial charge in [0.15, 0.2) is 0 Å². The van der Waals surface area contributed by atoms with Crippen LogP contribution in [0.3, 0.4) is 0 Å². The highest BCUT2D eigenvalue weighted by Crippen LogP contribution is 2.23. The number of hydrogen-bond acceptors (Lipinski definition) is 3. The second kappa shape index (κ2) is 7.85. The molecule has 0 radical (unpaired) electrons. The molecule has 0 fully saturated rings. The van der Waals surface area contributed by atoms with Gasteiger partial charge in [-0.1, -0.05) is 36.4 Å². The first-order chi connectivity index (χ1) is 13.6. The van der Waals surface area contributed by atoms with Gasteiger partial charge in [0.25, 0.3) is 5.91 Å². The van der Waals surface area contributed by atoms with E-state index < -0.39 is 0 Å². The van der Waals surface area contributed by atoms with Crippen molar-refractivity contribution in [3.8, 4) is 0 Å². The molecular formula is C24H25N3O. The van der Waals surface area contributed by atoms with Crippen molar-refractivity contribution in [3.05, 3.63) is 94.2 Å².